The first kappa shape index (κ1) is 10.9. The van der Waals surface area contributed by atoms with Crippen LogP contribution in [-0.4, -0.2) is 16.8 Å². The van der Waals surface area contributed by atoms with Gasteiger partial charge in [0.25, 0.3) is 0 Å². The number of hydrogen-bond donors (Lipinski definition) is 3. The van der Waals surface area contributed by atoms with E-state index in [0.29, 0.717) is 6.07 Å². The summed E-state index contributed by atoms with van der Waals surface area (Å²) < 4.78 is 25.7. The number of benzene rings is 1. The van der Waals surface area contributed by atoms with E-state index in [-0.39, 0.29) is 18.6 Å². The highest BCUT2D eigenvalue weighted by Gasteiger charge is 2.17. The minimum atomic E-state index is -0.900. The van der Waals surface area contributed by atoms with Crippen LogP contribution in [-0.2, 0) is 0 Å². The fourth-order valence-electron chi connectivity index (χ4n) is 1.22. The van der Waals surface area contributed by atoms with E-state index in [1.807, 2.05) is 0 Å². The number of nitrogens with two attached hydrogens (primary N) is 1. The van der Waals surface area contributed by atoms with Crippen molar-refractivity contribution in [3.8, 4) is 5.75 Å². The predicted octanol–water partition coefficient (Wildman–Crippen LogP) is 1.05. The van der Waals surface area contributed by atoms with Gasteiger partial charge in [-0.2, -0.15) is 0 Å². The Morgan fingerprint density at radius 1 is 1.36 bits per heavy atom. The molecule has 0 aromatic heterocycles. The zero-order valence-corrected chi connectivity index (χ0v) is 7.37. The van der Waals surface area contributed by atoms with Crippen LogP contribution in [0, 0.1) is 11.6 Å². The predicted molar refractivity (Wildman–Crippen MR) is 46.7 cm³/mol. The van der Waals surface area contributed by atoms with Gasteiger partial charge in [-0.25, -0.2) is 8.78 Å². The SMILES string of the molecule is N[C@@H](CCO)c1c(O)cc(F)cc1F. The van der Waals surface area contributed by atoms with Crippen LogP contribution in [0.2, 0.25) is 0 Å². The maximum atomic E-state index is 13.1. The van der Waals surface area contributed by atoms with Crippen LogP contribution >= 0.6 is 0 Å². The lowest BCUT2D eigenvalue weighted by atomic mass is 10.0. The third kappa shape index (κ3) is 2.18. The Labute approximate surface area is 79.8 Å². The molecule has 1 aromatic carbocycles. The summed E-state index contributed by atoms with van der Waals surface area (Å²) >= 11 is 0. The Kier molecular flexibility index (Phi) is 3.38. The molecule has 14 heavy (non-hydrogen) atoms. The Morgan fingerprint density at radius 3 is 2.50 bits per heavy atom. The molecule has 0 aliphatic rings. The van der Waals surface area contributed by atoms with Crippen molar-refractivity contribution in [2.75, 3.05) is 6.61 Å². The lowest BCUT2D eigenvalue weighted by Crippen LogP contribution is -2.14. The van der Waals surface area contributed by atoms with Crippen LogP contribution in [0.1, 0.15) is 18.0 Å². The number of phenolic OH excluding ortho intramolecular Hbond substituents is 1. The average molecular weight is 203 g/mol. The summed E-state index contributed by atoms with van der Waals surface area (Å²) in [7, 11) is 0. The van der Waals surface area contributed by atoms with Gasteiger partial charge in [0.05, 0.1) is 0 Å². The van der Waals surface area contributed by atoms with Crippen LogP contribution in [0.4, 0.5) is 8.78 Å². The molecule has 3 nitrogen and oxygen atoms in total. The summed E-state index contributed by atoms with van der Waals surface area (Å²) in [5.41, 5.74) is 5.31. The van der Waals surface area contributed by atoms with Gasteiger partial charge in [-0.15, -0.1) is 0 Å². The standard InChI is InChI=1S/C9H11F2NO2/c10-5-3-6(11)9(8(14)4-5)7(12)1-2-13/h3-4,7,13-14H,1-2,12H2/t7-/m0/s1. The highest BCUT2D eigenvalue weighted by molar-refractivity contribution is 5.36. The first-order valence-corrected chi connectivity index (χ1v) is 4.10. The van der Waals surface area contributed by atoms with Crippen molar-refractivity contribution in [3.63, 3.8) is 0 Å². The molecule has 0 spiro atoms. The quantitative estimate of drug-likeness (QED) is 0.688. The molecular weight excluding hydrogens is 192 g/mol. The lowest BCUT2D eigenvalue weighted by molar-refractivity contribution is 0.274. The number of phenols is 1. The van der Waals surface area contributed by atoms with Gasteiger partial charge in [0.1, 0.15) is 17.4 Å². The molecule has 4 N–H and O–H groups in total. The zero-order chi connectivity index (χ0) is 10.7. The van der Waals surface area contributed by atoms with Crippen LogP contribution in [0.25, 0.3) is 0 Å². The van der Waals surface area contributed by atoms with E-state index in [1.54, 1.807) is 0 Å². The summed E-state index contributed by atoms with van der Waals surface area (Å²) in [6, 6.07) is 0.600. The topological polar surface area (TPSA) is 66.5 Å². The van der Waals surface area contributed by atoms with E-state index in [9.17, 15) is 13.9 Å². The number of aromatic hydroxyl groups is 1. The van der Waals surface area contributed by atoms with Crippen LogP contribution in [0.5, 0.6) is 5.75 Å². The van der Waals surface area contributed by atoms with E-state index in [1.165, 1.54) is 0 Å². The Balaban J connectivity index is 3.07. The molecule has 0 unspecified atom stereocenters. The van der Waals surface area contributed by atoms with Crippen molar-refractivity contribution in [3.05, 3.63) is 29.3 Å². The van der Waals surface area contributed by atoms with Crippen molar-refractivity contribution in [2.24, 2.45) is 5.73 Å². The Hall–Kier alpha value is -1.20. The van der Waals surface area contributed by atoms with E-state index in [0.717, 1.165) is 6.07 Å². The summed E-state index contributed by atoms with van der Waals surface area (Å²) in [6.45, 7) is -0.225. The molecule has 1 atom stereocenters. The Morgan fingerprint density at radius 2 is 2.00 bits per heavy atom. The van der Waals surface area contributed by atoms with Gasteiger partial charge in [-0.1, -0.05) is 0 Å². The van der Waals surface area contributed by atoms with E-state index < -0.39 is 23.4 Å². The summed E-state index contributed by atoms with van der Waals surface area (Å²) in [5.74, 6) is -2.29. The van der Waals surface area contributed by atoms with Gasteiger partial charge in [-0.3, -0.25) is 0 Å². The molecule has 78 valence electrons. The van der Waals surface area contributed by atoms with E-state index in [4.69, 9.17) is 10.8 Å². The van der Waals surface area contributed by atoms with Gasteiger partial charge in [0.2, 0.25) is 0 Å². The Bertz CT molecular complexity index is 308. The van der Waals surface area contributed by atoms with Gasteiger partial charge in [0.15, 0.2) is 0 Å². The van der Waals surface area contributed by atoms with Gasteiger partial charge in [0, 0.05) is 30.3 Å². The molecular formula is C9H11F2NO2. The maximum Gasteiger partial charge on any atom is 0.134 e. The van der Waals surface area contributed by atoms with Crippen molar-refractivity contribution >= 4 is 0 Å². The van der Waals surface area contributed by atoms with E-state index in [2.05, 4.69) is 0 Å². The fourth-order valence-corrected chi connectivity index (χ4v) is 1.22. The molecule has 0 aliphatic heterocycles. The molecule has 0 aliphatic carbocycles. The number of halogens is 2. The van der Waals surface area contributed by atoms with Gasteiger partial charge < -0.3 is 15.9 Å². The number of aliphatic hydroxyl groups is 1. The van der Waals surface area contributed by atoms with Crippen molar-refractivity contribution in [1.29, 1.82) is 0 Å². The fraction of sp³-hybridized carbons (Fsp3) is 0.333. The third-order valence-electron chi connectivity index (χ3n) is 1.88. The summed E-state index contributed by atoms with van der Waals surface area (Å²) in [5, 5.41) is 17.8. The van der Waals surface area contributed by atoms with Gasteiger partial charge >= 0.3 is 0 Å². The van der Waals surface area contributed by atoms with Crippen LogP contribution in [0.3, 0.4) is 0 Å². The normalized spacial score (nSPS) is 12.9. The number of rotatable bonds is 3. The first-order chi connectivity index (χ1) is 6.56. The molecule has 0 amide bonds. The second kappa shape index (κ2) is 4.34. The van der Waals surface area contributed by atoms with Gasteiger partial charge in [-0.05, 0) is 6.42 Å². The molecule has 0 radical (unpaired) electrons. The average Bonchev–Trinajstić information content (AvgIpc) is 2.01. The minimum absolute atomic E-state index is 0.107. The third-order valence-corrected chi connectivity index (χ3v) is 1.88. The molecule has 0 saturated heterocycles. The highest BCUT2D eigenvalue weighted by Crippen LogP contribution is 2.28. The van der Waals surface area contributed by atoms with Crippen molar-refractivity contribution in [2.45, 2.75) is 12.5 Å². The molecule has 1 rings (SSSR count). The van der Waals surface area contributed by atoms with Crippen molar-refractivity contribution < 1.29 is 19.0 Å². The molecule has 0 saturated carbocycles. The molecule has 0 heterocycles. The summed E-state index contributed by atoms with van der Waals surface area (Å²) in [4.78, 5) is 0. The maximum absolute atomic E-state index is 13.1. The molecule has 5 heteroatoms. The monoisotopic (exact) mass is 203 g/mol. The molecule has 0 fully saturated rings. The number of hydrogen-bond acceptors (Lipinski definition) is 3. The second-order valence-electron chi connectivity index (χ2n) is 2.94. The number of aliphatic hydroxyl groups excluding tert-OH is 1. The zero-order valence-electron chi connectivity index (χ0n) is 7.37. The van der Waals surface area contributed by atoms with Crippen LogP contribution < -0.4 is 5.73 Å². The summed E-state index contributed by atoms with van der Waals surface area (Å²) in [6.07, 6.45) is 0.107. The van der Waals surface area contributed by atoms with Crippen LogP contribution in [0.15, 0.2) is 12.1 Å². The second-order valence-corrected chi connectivity index (χ2v) is 2.94. The molecule has 1 aromatic rings. The van der Waals surface area contributed by atoms with Crippen molar-refractivity contribution in [1.82, 2.24) is 0 Å². The minimum Gasteiger partial charge on any atom is -0.507 e. The van der Waals surface area contributed by atoms with E-state index >= 15 is 0 Å². The lowest BCUT2D eigenvalue weighted by Gasteiger charge is -2.13. The smallest absolute Gasteiger partial charge is 0.134 e. The molecule has 0 bridgehead atoms. The first-order valence-electron chi connectivity index (χ1n) is 4.10. The highest BCUT2D eigenvalue weighted by atomic mass is 19.1. The largest absolute Gasteiger partial charge is 0.507 e.